The first-order valence-corrected chi connectivity index (χ1v) is 4.09. The largest absolute Gasteiger partial charge is 0.500 e. The highest BCUT2D eigenvalue weighted by atomic mass is 16.5. The normalized spacial score (nSPS) is 15.4. The second-order valence-electron chi connectivity index (χ2n) is 3.06. The molecule has 2 rings (SSSR count). The molecule has 5 nitrogen and oxygen atoms in total. The fourth-order valence-corrected chi connectivity index (χ4v) is 1.07. The second kappa shape index (κ2) is 3.08. The maximum Gasteiger partial charge on any atom is 0.265 e. The zero-order valence-electron chi connectivity index (χ0n) is 7.65. The molecule has 0 amide bonds. The van der Waals surface area contributed by atoms with Crippen LogP contribution in [0.1, 0.15) is 12.3 Å². The maximum atomic E-state index is 5.08. The van der Waals surface area contributed by atoms with Crippen LogP contribution in [-0.4, -0.2) is 30.8 Å². The Labute approximate surface area is 76.0 Å². The van der Waals surface area contributed by atoms with Gasteiger partial charge in [-0.2, -0.15) is 4.98 Å². The van der Waals surface area contributed by atoms with E-state index in [1.54, 1.807) is 11.2 Å². The summed E-state index contributed by atoms with van der Waals surface area (Å²) < 4.78 is 10.1. The van der Waals surface area contributed by atoms with Crippen LogP contribution in [0.15, 0.2) is 10.8 Å². The molecule has 1 aromatic rings. The Kier molecular flexibility index (Phi) is 1.92. The highest BCUT2D eigenvalue weighted by Gasteiger charge is 2.15. The number of aromatic nitrogens is 2. The van der Waals surface area contributed by atoms with Crippen molar-refractivity contribution >= 4 is 11.5 Å². The van der Waals surface area contributed by atoms with E-state index in [1.807, 2.05) is 14.1 Å². The number of hydrogen-bond acceptors (Lipinski definition) is 5. The van der Waals surface area contributed by atoms with Crippen LogP contribution in [0.4, 0.5) is 5.95 Å². The van der Waals surface area contributed by atoms with Crippen molar-refractivity contribution in [1.82, 2.24) is 10.1 Å². The Morgan fingerprint density at radius 2 is 2.31 bits per heavy atom. The molecule has 1 aliphatic heterocycles. The molecule has 0 aliphatic carbocycles. The van der Waals surface area contributed by atoms with Crippen molar-refractivity contribution in [2.24, 2.45) is 0 Å². The highest BCUT2D eigenvalue weighted by Crippen LogP contribution is 2.22. The SMILES string of the molecule is CN(C)c1noc(C2=COCC2)n1. The minimum Gasteiger partial charge on any atom is -0.500 e. The van der Waals surface area contributed by atoms with E-state index in [0.29, 0.717) is 18.4 Å². The fraction of sp³-hybridized carbons (Fsp3) is 0.500. The first kappa shape index (κ1) is 8.10. The lowest BCUT2D eigenvalue weighted by Gasteiger charge is -2.02. The van der Waals surface area contributed by atoms with Crippen molar-refractivity contribution in [3.05, 3.63) is 12.2 Å². The van der Waals surface area contributed by atoms with Crippen LogP contribution in [0, 0.1) is 0 Å². The third-order valence-electron chi connectivity index (χ3n) is 1.80. The number of anilines is 1. The van der Waals surface area contributed by atoms with E-state index in [-0.39, 0.29) is 0 Å². The molecule has 0 fully saturated rings. The molecule has 2 heterocycles. The minimum atomic E-state index is 0.557. The molecule has 0 atom stereocenters. The van der Waals surface area contributed by atoms with Crippen molar-refractivity contribution in [3.63, 3.8) is 0 Å². The van der Waals surface area contributed by atoms with Crippen LogP contribution in [0.25, 0.3) is 5.57 Å². The van der Waals surface area contributed by atoms with Crippen molar-refractivity contribution < 1.29 is 9.26 Å². The summed E-state index contributed by atoms with van der Waals surface area (Å²) in [6.07, 6.45) is 2.52. The number of nitrogens with zero attached hydrogens (tertiary/aromatic N) is 3. The molecule has 5 heteroatoms. The molecule has 1 aliphatic rings. The Balaban J connectivity index is 2.22. The summed E-state index contributed by atoms with van der Waals surface area (Å²) >= 11 is 0. The number of rotatable bonds is 2. The van der Waals surface area contributed by atoms with E-state index in [4.69, 9.17) is 9.26 Å². The van der Waals surface area contributed by atoms with Crippen molar-refractivity contribution in [1.29, 1.82) is 0 Å². The molecule has 70 valence electrons. The Morgan fingerprint density at radius 1 is 1.46 bits per heavy atom. The number of hydrogen-bond donors (Lipinski definition) is 0. The van der Waals surface area contributed by atoms with Gasteiger partial charge in [0.2, 0.25) is 0 Å². The number of ether oxygens (including phenoxy) is 1. The van der Waals surface area contributed by atoms with Gasteiger partial charge in [0.1, 0.15) is 0 Å². The van der Waals surface area contributed by atoms with Gasteiger partial charge >= 0.3 is 0 Å². The average molecular weight is 181 g/mol. The van der Waals surface area contributed by atoms with Gasteiger partial charge in [-0.3, -0.25) is 0 Å². The molecule has 0 radical (unpaired) electrons. The van der Waals surface area contributed by atoms with Crippen molar-refractivity contribution in [3.8, 4) is 0 Å². The van der Waals surface area contributed by atoms with E-state index >= 15 is 0 Å². The standard InChI is InChI=1S/C8H11N3O2/c1-11(2)8-9-7(13-10-8)6-3-4-12-5-6/h5H,3-4H2,1-2H3. The lowest BCUT2D eigenvalue weighted by Crippen LogP contribution is -2.10. The van der Waals surface area contributed by atoms with Gasteiger partial charge < -0.3 is 14.2 Å². The molecular formula is C8H11N3O2. The molecule has 0 saturated carbocycles. The summed E-state index contributed by atoms with van der Waals surface area (Å²) in [6, 6.07) is 0. The maximum absolute atomic E-state index is 5.08. The van der Waals surface area contributed by atoms with Gasteiger partial charge in [0.25, 0.3) is 11.8 Å². The lowest BCUT2D eigenvalue weighted by molar-refractivity contribution is 0.281. The van der Waals surface area contributed by atoms with Crippen LogP contribution in [-0.2, 0) is 4.74 Å². The summed E-state index contributed by atoms with van der Waals surface area (Å²) in [5.41, 5.74) is 0.973. The molecule has 0 bridgehead atoms. The lowest BCUT2D eigenvalue weighted by atomic mass is 10.2. The van der Waals surface area contributed by atoms with Gasteiger partial charge in [-0.15, -0.1) is 0 Å². The third kappa shape index (κ3) is 1.49. The smallest absolute Gasteiger partial charge is 0.265 e. The van der Waals surface area contributed by atoms with Gasteiger partial charge in [0, 0.05) is 20.5 Å². The molecule has 0 N–H and O–H groups in total. The van der Waals surface area contributed by atoms with Crippen molar-refractivity contribution in [2.75, 3.05) is 25.6 Å². The third-order valence-corrected chi connectivity index (χ3v) is 1.80. The van der Waals surface area contributed by atoms with E-state index in [9.17, 15) is 0 Å². The Hall–Kier alpha value is -1.52. The van der Waals surface area contributed by atoms with E-state index < -0.39 is 0 Å². The Morgan fingerprint density at radius 3 is 2.85 bits per heavy atom. The zero-order chi connectivity index (χ0) is 9.26. The van der Waals surface area contributed by atoms with Crippen LogP contribution in [0.3, 0.4) is 0 Å². The molecule has 1 aromatic heterocycles. The van der Waals surface area contributed by atoms with Gasteiger partial charge in [-0.25, -0.2) is 0 Å². The highest BCUT2D eigenvalue weighted by molar-refractivity contribution is 5.59. The van der Waals surface area contributed by atoms with Gasteiger partial charge in [-0.05, 0) is 5.16 Å². The summed E-state index contributed by atoms with van der Waals surface area (Å²) in [7, 11) is 3.74. The average Bonchev–Trinajstić information content (AvgIpc) is 2.75. The summed E-state index contributed by atoms with van der Waals surface area (Å²) in [5.74, 6) is 1.14. The van der Waals surface area contributed by atoms with Crippen molar-refractivity contribution in [2.45, 2.75) is 6.42 Å². The molecule has 0 unspecified atom stereocenters. The molecular weight excluding hydrogens is 170 g/mol. The molecule has 0 spiro atoms. The predicted molar refractivity (Wildman–Crippen MR) is 47.2 cm³/mol. The van der Waals surface area contributed by atoms with Gasteiger partial charge in [-0.1, -0.05) is 0 Å². The van der Waals surface area contributed by atoms with Crippen LogP contribution < -0.4 is 4.90 Å². The monoisotopic (exact) mass is 181 g/mol. The van der Waals surface area contributed by atoms with Crippen LogP contribution in [0.5, 0.6) is 0 Å². The first-order chi connectivity index (χ1) is 6.27. The molecule has 0 aromatic carbocycles. The zero-order valence-corrected chi connectivity index (χ0v) is 7.65. The topological polar surface area (TPSA) is 51.4 Å². The predicted octanol–water partition coefficient (Wildman–Crippen LogP) is 0.897. The fourth-order valence-electron chi connectivity index (χ4n) is 1.07. The summed E-state index contributed by atoms with van der Waals surface area (Å²) in [6.45, 7) is 0.703. The van der Waals surface area contributed by atoms with E-state index in [2.05, 4.69) is 10.1 Å². The molecule has 0 saturated heterocycles. The van der Waals surface area contributed by atoms with E-state index in [0.717, 1.165) is 12.0 Å². The molecule has 13 heavy (non-hydrogen) atoms. The minimum absolute atomic E-state index is 0.557. The van der Waals surface area contributed by atoms with Crippen LogP contribution >= 0.6 is 0 Å². The Bertz CT molecular complexity index is 330. The van der Waals surface area contributed by atoms with E-state index in [1.165, 1.54) is 0 Å². The second-order valence-corrected chi connectivity index (χ2v) is 3.06. The summed E-state index contributed by atoms with van der Waals surface area (Å²) in [5, 5.41) is 3.80. The van der Waals surface area contributed by atoms with Gasteiger partial charge in [0.05, 0.1) is 18.4 Å². The van der Waals surface area contributed by atoms with Crippen LogP contribution in [0.2, 0.25) is 0 Å². The van der Waals surface area contributed by atoms with Gasteiger partial charge in [0.15, 0.2) is 0 Å². The first-order valence-electron chi connectivity index (χ1n) is 4.09. The summed E-state index contributed by atoms with van der Waals surface area (Å²) in [4.78, 5) is 5.99. The quantitative estimate of drug-likeness (QED) is 0.678.